The van der Waals surface area contributed by atoms with Crippen LogP contribution in [0.15, 0.2) is 90.5 Å². The van der Waals surface area contributed by atoms with Crippen molar-refractivity contribution in [3.8, 4) is 5.69 Å². The number of halogens is 2. The van der Waals surface area contributed by atoms with Crippen LogP contribution < -0.4 is 15.5 Å². The maximum absolute atomic E-state index is 14.9. The number of aromatic nitrogens is 6. The van der Waals surface area contributed by atoms with Crippen LogP contribution in [0.4, 0.5) is 20.2 Å². The highest BCUT2D eigenvalue weighted by Crippen LogP contribution is 2.41. The number of ether oxygens (including phenoxy) is 2. The van der Waals surface area contributed by atoms with Gasteiger partial charge in [0.25, 0.3) is 0 Å². The third-order valence-electron chi connectivity index (χ3n) is 8.72. The minimum absolute atomic E-state index is 0.00648. The van der Waals surface area contributed by atoms with E-state index in [1.165, 1.54) is 41.2 Å². The van der Waals surface area contributed by atoms with Crippen LogP contribution in [-0.4, -0.2) is 67.5 Å². The predicted molar refractivity (Wildman–Crippen MR) is 179 cm³/mol. The molecular formula is C34H36F2N8O3S. The van der Waals surface area contributed by atoms with Gasteiger partial charge in [0.1, 0.15) is 36.2 Å². The summed E-state index contributed by atoms with van der Waals surface area (Å²) in [6.07, 6.45) is 4.50. The molecule has 250 valence electrons. The van der Waals surface area contributed by atoms with E-state index in [1.54, 1.807) is 15.6 Å². The fourth-order valence-corrected chi connectivity index (χ4v) is 7.08. The fraction of sp³-hybridized carbons (Fsp3) is 0.353. The summed E-state index contributed by atoms with van der Waals surface area (Å²) in [5.41, 5.74) is 2.45. The van der Waals surface area contributed by atoms with Crippen LogP contribution in [-0.2, 0) is 27.4 Å². The van der Waals surface area contributed by atoms with Crippen molar-refractivity contribution < 1.29 is 18.3 Å². The number of piperazine rings is 1. The molecule has 14 heteroatoms. The number of anilines is 2. The average Bonchev–Trinajstić information content (AvgIpc) is 3.85. The Morgan fingerprint density at radius 2 is 1.56 bits per heavy atom. The molecule has 0 saturated carbocycles. The summed E-state index contributed by atoms with van der Waals surface area (Å²) in [5.74, 6) is -0.716. The van der Waals surface area contributed by atoms with Gasteiger partial charge in [0.2, 0.25) is 5.62 Å². The van der Waals surface area contributed by atoms with E-state index in [-0.39, 0.29) is 30.4 Å². The summed E-state index contributed by atoms with van der Waals surface area (Å²) >= 11 is 1.47. The lowest BCUT2D eigenvalue weighted by Crippen LogP contribution is -2.46. The summed E-state index contributed by atoms with van der Waals surface area (Å²) in [4.78, 5) is 21.3. The highest BCUT2D eigenvalue weighted by Gasteiger charge is 2.45. The van der Waals surface area contributed by atoms with E-state index >= 15 is 0 Å². The van der Waals surface area contributed by atoms with Gasteiger partial charge in [0.05, 0.1) is 24.9 Å². The lowest BCUT2D eigenvalue weighted by molar-refractivity contribution is -0.0470. The Labute approximate surface area is 280 Å². The van der Waals surface area contributed by atoms with Gasteiger partial charge in [-0.2, -0.15) is 10.2 Å². The van der Waals surface area contributed by atoms with Crippen molar-refractivity contribution in [1.29, 1.82) is 0 Å². The summed E-state index contributed by atoms with van der Waals surface area (Å²) < 4.78 is 45.5. The molecule has 3 aromatic carbocycles. The molecule has 2 aromatic heterocycles. The van der Waals surface area contributed by atoms with E-state index in [4.69, 9.17) is 9.47 Å². The fourth-order valence-electron chi connectivity index (χ4n) is 6.14. The van der Waals surface area contributed by atoms with Gasteiger partial charge in [-0.15, -0.1) is 0 Å². The Hall–Kier alpha value is -4.53. The SMILES string of the molecule is CC(C)n1ncn(-c2ccc(N3CCN(c4ccc(CSC5OCC(Cn6cncn6)(c6ccc(F)cc6F)O5)cc4)CC3)cc2)c1=O. The van der Waals surface area contributed by atoms with Crippen molar-refractivity contribution in [2.24, 2.45) is 0 Å². The maximum Gasteiger partial charge on any atom is 0.350 e. The Morgan fingerprint density at radius 3 is 2.17 bits per heavy atom. The molecule has 2 unspecified atom stereocenters. The molecule has 2 aliphatic heterocycles. The van der Waals surface area contributed by atoms with Gasteiger partial charge in [-0.05, 0) is 61.9 Å². The lowest BCUT2D eigenvalue weighted by atomic mass is 9.94. The minimum Gasteiger partial charge on any atom is -0.368 e. The Bertz CT molecular complexity index is 1890. The van der Waals surface area contributed by atoms with E-state index in [1.807, 2.05) is 26.0 Å². The number of nitrogens with zero attached hydrogens (tertiary/aromatic N) is 8. The smallest absolute Gasteiger partial charge is 0.350 e. The van der Waals surface area contributed by atoms with Gasteiger partial charge in [-0.25, -0.2) is 32.5 Å². The molecule has 0 N–H and O–H groups in total. The monoisotopic (exact) mass is 674 g/mol. The van der Waals surface area contributed by atoms with Crippen LogP contribution in [0.25, 0.3) is 5.69 Å². The maximum atomic E-state index is 14.9. The number of hydrogen-bond donors (Lipinski definition) is 0. The molecule has 0 spiro atoms. The number of thioether (sulfide) groups is 1. The molecule has 7 rings (SSSR count). The first-order chi connectivity index (χ1) is 23.3. The standard InChI is InChI=1S/C34H36F2N8O3S/c1-24(2)44-32(45)43(23-39-44)29-10-8-28(9-11-29)41-15-13-40(14-16-41)27-6-3-25(4-7-27)18-48-33-46-20-34(47-33,19-42-22-37-21-38-42)30-12-5-26(35)17-31(30)36/h3-12,17,21-24,33H,13-16,18-20H2,1-2H3. The Kier molecular flexibility index (Phi) is 9.03. The van der Waals surface area contributed by atoms with Gasteiger partial charge in [-0.1, -0.05) is 30.0 Å². The first kappa shape index (κ1) is 32.0. The molecular weight excluding hydrogens is 638 g/mol. The van der Waals surface area contributed by atoms with Gasteiger partial charge < -0.3 is 19.3 Å². The van der Waals surface area contributed by atoms with Crippen LogP contribution in [0.1, 0.15) is 31.0 Å². The van der Waals surface area contributed by atoms with Gasteiger partial charge in [0.15, 0.2) is 0 Å². The zero-order chi connectivity index (χ0) is 33.3. The predicted octanol–water partition coefficient (Wildman–Crippen LogP) is 4.97. The van der Waals surface area contributed by atoms with E-state index < -0.39 is 22.9 Å². The van der Waals surface area contributed by atoms with E-state index in [0.717, 1.165) is 54.9 Å². The molecule has 2 atom stereocenters. The first-order valence-electron chi connectivity index (χ1n) is 15.8. The minimum atomic E-state index is -1.17. The molecule has 0 radical (unpaired) electrons. The van der Waals surface area contributed by atoms with Gasteiger partial charge in [-0.3, -0.25) is 0 Å². The van der Waals surface area contributed by atoms with Gasteiger partial charge >= 0.3 is 5.69 Å². The summed E-state index contributed by atoms with van der Waals surface area (Å²) in [6.45, 7) is 7.66. The molecule has 2 fully saturated rings. The third kappa shape index (κ3) is 6.60. The second-order valence-corrected chi connectivity index (χ2v) is 13.2. The molecule has 2 aliphatic rings. The van der Waals surface area contributed by atoms with Crippen molar-refractivity contribution in [3.63, 3.8) is 0 Å². The second kappa shape index (κ2) is 13.5. The van der Waals surface area contributed by atoms with Crippen LogP contribution in [0.2, 0.25) is 0 Å². The van der Waals surface area contributed by atoms with Gasteiger partial charge in [0, 0.05) is 54.9 Å². The van der Waals surface area contributed by atoms with E-state index in [2.05, 4.69) is 61.4 Å². The second-order valence-electron chi connectivity index (χ2n) is 12.2. The quantitative estimate of drug-likeness (QED) is 0.204. The van der Waals surface area contributed by atoms with Crippen LogP contribution >= 0.6 is 11.8 Å². The first-order valence-corrected chi connectivity index (χ1v) is 16.9. The Balaban J connectivity index is 0.929. The zero-order valence-corrected chi connectivity index (χ0v) is 27.5. The molecule has 0 bridgehead atoms. The molecule has 0 aliphatic carbocycles. The normalized spacial score (nSPS) is 19.8. The lowest BCUT2D eigenvalue weighted by Gasteiger charge is -2.37. The molecule has 0 amide bonds. The largest absolute Gasteiger partial charge is 0.368 e. The number of hydrogen-bond acceptors (Lipinski definition) is 9. The summed E-state index contributed by atoms with van der Waals surface area (Å²) in [6, 6.07) is 20.0. The number of benzene rings is 3. The molecule has 5 aromatic rings. The summed E-state index contributed by atoms with van der Waals surface area (Å²) in [7, 11) is 0. The molecule has 48 heavy (non-hydrogen) atoms. The van der Waals surface area contributed by atoms with Crippen molar-refractivity contribution in [3.05, 3.63) is 119 Å². The third-order valence-corrected chi connectivity index (χ3v) is 9.73. The van der Waals surface area contributed by atoms with Crippen LogP contribution in [0.5, 0.6) is 0 Å². The van der Waals surface area contributed by atoms with Crippen molar-refractivity contribution in [2.75, 3.05) is 42.6 Å². The van der Waals surface area contributed by atoms with Crippen LogP contribution in [0, 0.1) is 11.6 Å². The average molecular weight is 675 g/mol. The highest BCUT2D eigenvalue weighted by molar-refractivity contribution is 7.98. The van der Waals surface area contributed by atoms with Crippen LogP contribution in [0.3, 0.4) is 0 Å². The summed E-state index contributed by atoms with van der Waals surface area (Å²) in [5, 5.41) is 8.37. The molecule has 4 heterocycles. The Morgan fingerprint density at radius 1 is 0.896 bits per heavy atom. The van der Waals surface area contributed by atoms with Crippen molar-refractivity contribution in [1.82, 2.24) is 29.1 Å². The van der Waals surface area contributed by atoms with Crippen molar-refractivity contribution >= 4 is 23.1 Å². The topological polar surface area (TPSA) is 95.5 Å². The highest BCUT2D eigenvalue weighted by atomic mass is 32.2. The number of rotatable bonds is 10. The van der Waals surface area contributed by atoms with E-state index in [0.29, 0.717) is 5.75 Å². The van der Waals surface area contributed by atoms with Crippen molar-refractivity contribution in [2.45, 2.75) is 43.4 Å². The molecule has 11 nitrogen and oxygen atoms in total. The van der Waals surface area contributed by atoms with E-state index in [9.17, 15) is 13.6 Å². The molecule has 2 saturated heterocycles. The zero-order valence-electron chi connectivity index (χ0n) is 26.7.